The van der Waals surface area contributed by atoms with Crippen LogP contribution in [0.1, 0.15) is 35.3 Å². The Morgan fingerprint density at radius 2 is 1.82 bits per heavy atom. The van der Waals surface area contributed by atoms with Crippen molar-refractivity contribution in [3.05, 3.63) is 71.0 Å². The van der Waals surface area contributed by atoms with Gasteiger partial charge in [0, 0.05) is 22.3 Å². The molecule has 4 rings (SSSR count). The Labute approximate surface area is 164 Å². The molecule has 1 aromatic heterocycles. The van der Waals surface area contributed by atoms with Crippen molar-refractivity contribution in [2.24, 2.45) is 0 Å². The predicted molar refractivity (Wildman–Crippen MR) is 109 cm³/mol. The zero-order chi connectivity index (χ0) is 19.7. The maximum Gasteiger partial charge on any atom is 0.187 e. The van der Waals surface area contributed by atoms with Crippen LogP contribution in [0.4, 0.5) is 10.1 Å². The third kappa shape index (κ3) is 3.32. The summed E-state index contributed by atoms with van der Waals surface area (Å²) >= 11 is 0. The van der Waals surface area contributed by atoms with Gasteiger partial charge in [-0.1, -0.05) is 18.6 Å². The Morgan fingerprint density at radius 1 is 1.11 bits per heavy atom. The van der Waals surface area contributed by atoms with Crippen molar-refractivity contribution in [2.75, 3.05) is 19.6 Å². The van der Waals surface area contributed by atoms with E-state index in [-0.39, 0.29) is 11.6 Å². The number of aromatic nitrogens is 1. The number of carbonyl (C=O) groups excluding carboxylic acids is 1. The summed E-state index contributed by atoms with van der Waals surface area (Å²) in [6, 6.07) is 11.7. The lowest BCUT2D eigenvalue weighted by Gasteiger charge is -2.25. The third-order valence-corrected chi connectivity index (χ3v) is 5.50. The number of benzene rings is 2. The molecule has 0 amide bonds. The molecule has 0 N–H and O–H groups in total. The standard InChI is InChI=1S/C23H22FN3O/c1-16-23(22(28)15-26-12-4-3-5-13-26)20-11-6-17(24)14-21(20)27(16)19-9-7-18(25-2)8-10-19/h6-11,14H,3-5,12-13,15H2,1H3. The summed E-state index contributed by atoms with van der Waals surface area (Å²) in [4.78, 5) is 18.8. The highest BCUT2D eigenvalue weighted by Gasteiger charge is 2.23. The molecule has 2 aromatic carbocycles. The number of likely N-dealkylation sites (tertiary alicyclic amines) is 1. The van der Waals surface area contributed by atoms with Gasteiger partial charge in [-0.15, -0.1) is 0 Å². The highest BCUT2D eigenvalue weighted by Crippen LogP contribution is 2.31. The van der Waals surface area contributed by atoms with E-state index in [0.29, 0.717) is 23.3 Å². The summed E-state index contributed by atoms with van der Waals surface area (Å²) in [7, 11) is 0. The number of hydrogen-bond donors (Lipinski definition) is 0. The monoisotopic (exact) mass is 375 g/mol. The first kappa shape index (κ1) is 18.4. The molecule has 0 unspecified atom stereocenters. The number of nitrogens with zero attached hydrogens (tertiary/aromatic N) is 3. The molecule has 0 bridgehead atoms. The van der Waals surface area contributed by atoms with Crippen molar-refractivity contribution in [3.8, 4) is 5.69 Å². The quantitative estimate of drug-likeness (QED) is 0.458. The van der Waals surface area contributed by atoms with Crippen molar-refractivity contribution in [1.82, 2.24) is 9.47 Å². The van der Waals surface area contributed by atoms with Crippen molar-refractivity contribution in [2.45, 2.75) is 26.2 Å². The molecule has 0 saturated carbocycles. The second-order valence-corrected chi connectivity index (χ2v) is 7.35. The smallest absolute Gasteiger partial charge is 0.187 e. The Morgan fingerprint density at radius 3 is 2.50 bits per heavy atom. The van der Waals surface area contributed by atoms with Gasteiger partial charge in [-0.2, -0.15) is 0 Å². The molecule has 0 atom stereocenters. The van der Waals surface area contributed by atoms with Crippen molar-refractivity contribution in [1.29, 1.82) is 0 Å². The van der Waals surface area contributed by atoms with Gasteiger partial charge in [-0.05, 0) is 63.2 Å². The number of piperidine rings is 1. The van der Waals surface area contributed by atoms with E-state index in [2.05, 4.69) is 9.74 Å². The van der Waals surface area contributed by atoms with Crippen LogP contribution in [0, 0.1) is 19.3 Å². The normalized spacial score (nSPS) is 14.9. The lowest BCUT2D eigenvalue weighted by Crippen LogP contribution is -2.34. The van der Waals surface area contributed by atoms with Crippen LogP contribution in [0.5, 0.6) is 0 Å². The van der Waals surface area contributed by atoms with Crippen molar-refractivity contribution in [3.63, 3.8) is 0 Å². The van der Waals surface area contributed by atoms with Gasteiger partial charge in [0.25, 0.3) is 0 Å². The number of carbonyl (C=O) groups is 1. The minimum Gasteiger partial charge on any atom is -0.313 e. The predicted octanol–water partition coefficient (Wildman–Crippen LogP) is 5.30. The van der Waals surface area contributed by atoms with E-state index in [1.165, 1.54) is 18.6 Å². The number of halogens is 1. The number of fused-ring (bicyclic) bond motifs is 1. The molecular formula is C23H22FN3O. The molecule has 1 aliphatic heterocycles. The average Bonchev–Trinajstić information content (AvgIpc) is 3.00. The Balaban J connectivity index is 1.81. The minimum atomic E-state index is -0.334. The fourth-order valence-electron chi connectivity index (χ4n) is 4.15. The van der Waals surface area contributed by atoms with E-state index >= 15 is 0 Å². The van der Waals surface area contributed by atoms with Gasteiger partial charge in [-0.25, -0.2) is 9.24 Å². The number of ketones is 1. The summed E-state index contributed by atoms with van der Waals surface area (Å²) in [6.45, 7) is 11.3. The average molecular weight is 375 g/mol. The molecule has 28 heavy (non-hydrogen) atoms. The Kier molecular flexibility index (Phi) is 4.97. The van der Waals surface area contributed by atoms with E-state index in [4.69, 9.17) is 6.57 Å². The van der Waals surface area contributed by atoms with Crippen LogP contribution >= 0.6 is 0 Å². The van der Waals surface area contributed by atoms with Crippen molar-refractivity contribution >= 4 is 22.4 Å². The maximum absolute atomic E-state index is 14.0. The number of Topliss-reactive ketones (excluding diaryl/α,β-unsaturated/α-hetero) is 1. The molecule has 142 valence electrons. The van der Waals surface area contributed by atoms with Crippen LogP contribution in [0.3, 0.4) is 0 Å². The second kappa shape index (κ2) is 7.57. The van der Waals surface area contributed by atoms with E-state index in [9.17, 15) is 9.18 Å². The first-order valence-corrected chi connectivity index (χ1v) is 9.62. The largest absolute Gasteiger partial charge is 0.313 e. The fraction of sp³-hybridized carbons (Fsp3) is 0.304. The number of rotatable bonds is 4. The van der Waals surface area contributed by atoms with E-state index in [0.717, 1.165) is 42.7 Å². The summed E-state index contributed by atoms with van der Waals surface area (Å²) in [5, 5.41) is 0.773. The van der Waals surface area contributed by atoms with E-state index < -0.39 is 0 Å². The molecule has 1 saturated heterocycles. The van der Waals surface area contributed by atoms with Crippen LogP contribution in [0.2, 0.25) is 0 Å². The van der Waals surface area contributed by atoms with Gasteiger partial charge >= 0.3 is 0 Å². The lowest BCUT2D eigenvalue weighted by atomic mass is 10.0. The molecule has 3 aromatic rings. The Hall–Kier alpha value is -2.97. The summed E-state index contributed by atoms with van der Waals surface area (Å²) < 4.78 is 15.9. The van der Waals surface area contributed by atoms with Crippen molar-refractivity contribution < 1.29 is 9.18 Å². The maximum atomic E-state index is 14.0. The third-order valence-electron chi connectivity index (χ3n) is 5.50. The van der Waals surface area contributed by atoms with E-state index in [1.54, 1.807) is 18.2 Å². The van der Waals surface area contributed by atoms with Gasteiger partial charge in [0.2, 0.25) is 0 Å². The molecule has 1 fully saturated rings. The SMILES string of the molecule is [C-]#[N+]c1ccc(-n2c(C)c(C(=O)CN3CCCCC3)c3ccc(F)cc32)cc1. The van der Waals surface area contributed by atoms with Gasteiger partial charge in [0.1, 0.15) is 5.82 Å². The van der Waals surface area contributed by atoms with Crippen LogP contribution in [0.25, 0.3) is 21.4 Å². The fourth-order valence-corrected chi connectivity index (χ4v) is 4.15. The summed E-state index contributed by atoms with van der Waals surface area (Å²) in [5.74, 6) is -0.258. The highest BCUT2D eigenvalue weighted by molar-refractivity contribution is 6.10. The highest BCUT2D eigenvalue weighted by atomic mass is 19.1. The first-order chi connectivity index (χ1) is 13.6. The molecule has 5 heteroatoms. The lowest BCUT2D eigenvalue weighted by molar-refractivity contribution is 0.0916. The molecule has 0 radical (unpaired) electrons. The van der Waals surface area contributed by atoms with Gasteiger partial charge in [0.05, 0.1) is 18.6 Å². The van der Waals surface area contributed by atoms with Gasteiger partial charge < -0.3 is 4.57 Å². The molecule has 0 spiro atoms. The second-order valence-electron chi connectivity index (χ2n) is 7.35. The van der Waals surface area contributed by atoms with Gasteiger partial charge in [-0.3, -0.25) is 9.69 Å². The van der Waals surface area contributed by atoms with Crippen LogP contribution in [0.15, 0.2) is 42.5 Å². The zero-order valence-electron chi connectivity index (χ0n) is 15.9. The number of hydrogen-bond acceptors (Lipinski definition) is 2. The summed E-state index contributed by atoms with van der Waals surface area (Å²) in [5.41, 5.74) is 3.51. The van der Waals surface area contributed by atoms with Gasteiger partial charge in [0.15, 0.2) is 11.5 Å². The molecular weight excluding hydrogens is 353 g/mol. The Bertz CT molecular complexity index is 1070. The summed E-state index contributed by atoms with van der Waals surface area (Å²) in [6.07, 6.45) is 3.49. The minimum absolute atomic E-state index is 0.0764. The zero-order valence-corrected chi connectivity index (χ0v) is 15.9. The van der Waals surface area contributed by atoms with E-state index in [1.807, 2.05) is 23.6 Å². The van der Waals surface area contributed by atoms with Crippen LogP contribution in [-0.2, 0) is 0 Å². The molecule has 2 heterocycles. The van der Waals surface area contributed by atoms with Crippen LogP contribution in [-0.4, -0.2) is 34.9 Å². The topological polar surface area (TPSA) is 29.6 Å². The van der Waals surface area contributed by atoms with Crippen LogP contribution < -0.4 is 0 Å². The molecule has 0 aliphatic carbocycles. The first-order valence-electron chi connectivity index (χ1n) is 9.62. The molecule has 1 aliphatic rings. The molecule has 4 nitrogen and oxygen atoms in total.